The zero-order valence-corrected chi connectivity index (χ0v) is 11.1. The van der Waals surface area contributed by atoms with E-state index in [2.05, 4.69) is 5.32 Å². The van der Waals surface area contributed by atoms with Crippen molar-refractivity contribution in [1.29, 1.82) is 0 Å². The summed E-state index contributed by atoms with van der Waals surface area (Å²) in [5.74, 6) is -0.428. The van der Waals surface area contributed by atoms with Gasteiger partial charge in [-0.05, 0) is 31.0 Å². The van der Waals surface area contributed by atoms with Crippen molar-refractivity contribution in [3.8, 4) is 0 Å². The molecule has 0 saturated heterocycles. The molecule has 0 radical (unpaired) electrons. The lowest BCUT2D eigenvalue weighted by Crippen LogP contribution is -2.23. The second kappa shape index (κ2) is 6.55. The molecule has 1 aromatic rings. The van der Waals surface area contributed by atoms with E-state index >= 15 is 0 Å². The van der Waals surface area contributed by atoms with Crippen LogP contribution in [0.5, 0.6) is 0 Å². The van der Waals surface area contributed by atoms with Crippen molar-refractivity contribution < 1.29 is 9.18 Å². The summed E-state index contributed by atoms with van der Waals surface area (Å²) in [5.41, 5.74) is 6.00. The maximum Gasteiger partial charge on any atom is 0.227 e. The first kappa shape index (κ1) is 13.8. The molecule has 0 bridgehead atoms. The van der Waals surface area contributed by atoms with Crippen molar-refractivity contribution in [2.24, 2.45) is 5.92 Å². The van der Waals surface area contributed by atoms with Crippen LogP contribution in [-0.4, -0.2) is 5.91 Å². The second-order valence-corrected chi connectivity index (χ2v) is 5.27. The highest BCUT2D eigenvalue weighted by Gasteiger charge is 2.19. The van der Waals surface area contributed by atoms with Gasteiger partial charge < -0.3 is 11.1 Å². The number of rotatable bonds is 2. The number of nitrogens with two attached hydrogens (primary N) is 1. The maximum absolute atomic E-state index is 13.3. The summed E-state index contributed by atoms with van der Waals surface area (Å²) in [6.07, 6.45) is 7.77. The fourth-order valence-electron chi connectivity index (χ4n) is 2.57. The average Bonchev–Trinajstić information content (AvgIpc) is 2.33. The minimum atomic E-state index is -0.490. The number of nitrogens with one attached hydrogen (secondary N) is 1. The minimum Gasteiger partial charge on any atom is -0.396 e. The van der Waals surface area contributed by atoms with Gasteiger partial charge in [-0.15, -0.1) is 0 Å². The van der Waals surface area contributed by atoms with Crippen molar-refractivity contribution in [1.82, 2.24) is 0 Å². The maximum atomic E-state index is 13.3. The molecule has 1 amide bonds. The lowest BCUT2D eigenvalue weighted by Gasteiger charge is -2.19. The molecule has 3 N–H and O–H groups in total. The summed E-state index contributed by atoms with van der Waals surface area (Å²) in [4.78, 5) is 12.2. The topological polar surface area (TPSA) is 55.1 Å². The summed E-state index contributed by atoms with van der Waals surface area (Å²) >= 11 is 0. The molecule has 1 aliphatic carbocycles. The van der Waals surface area contributed by atoms with Gasteiger partial charge in [-0.1, -0.05) is 32.1 Å². The van der Waals surface area contributed by atoms with E-state index in [0.29, 0.717) is 5.69 Å². The van der Waals surface area contributed by atoms with Crippen LogP contribution in [0.15, 0.2) is 18.2 Å². The van der Waals surface area contributed by atoms with E-state index in [1.165, 1.54) is 31.4 Å². The normalized spacial score (nSPS) is 17.5. The van der Waals surface area contributed by atoms with Crippen molar-refractivity contribution >= 4 is 17.3 Å². The van der Waals surface area contributed by atoms with Crippen LogP contribution in [0.3, 0.4) is 0 Å². The Morgan fingerprint density at radius 2 is 1.79 bits per heavy atom. The third-order valence-electron chi connectivity index (χ3n) is 3.74. The second-order valence-electron chi connectivity index (χ2n) is 5.27. The monoisotopic (exact) mass is 264 g/mol. The van der Waals surface area contributed by atoms with Crippen LogP contribution >= 0.6 is 0 Å². The van der Waals surface area contributed by atoms with Crippen molar-refractivity contribution in [3.63, 3.8) is 0 Å². The minimum absolute atomic E-state index is 0.00562. The van der Waals surface area contributed by atoms with Gasteiger partial charge in [0.1, 0.15) is 5.82 Å². The molecule has 2 rings (SSSR count). The standard InChI is InChI=1S/C15H21FN2O/c16-13-10-12(8-9-14(13)17)18-15(19)11-6-4-2-1-3-5-7-11/h8-11H,1-7,17H2,(H,18,19). The third-order valence-corrected chi connectivity index (χ3v) is 3.74. The first-order valence-corrected chi connectivity index (χ1v) is 7.02. The summed E-state index contributed by atoms with van der Waals surface area (Å²) in [5, 5.41) is 2.79. The molecule has 19 heavy (non-hydrogen) atoms. The Balaban J connectivity index is 1.96. The highest BCUT2D eigenvalue weighted by Crippen LogP contribution is 2.24. The Morgan fingerprint density at radius 1 is 1.16 bits per heavy atom. The molecule has 0 aromatic heterocycles. The van der Waals surface area contributed by atoms with Gasteiger partial charge in [0, 0.05) is 11.6 Å². The van der Waals surface area contributed by atoms with E-state index in [-0.39, 0.29) is 17.5 Å². The first-order chi connectivity index (χ1) is 9.16. The van der Waals surface area contributed by atoms with Crippen LogP contribution in [0.25, 0.3) is 0 Å². The third kappa shape index (κ3) is 3.94. The SMILES string of the molecule is Nc1ccc(NC(=O)C2CCCCCCC2)cc1F. The molecule has 1 aromatic carbocycles. The van der Waals surface area contributed by atoms with Gasteiger partial charge in [-0.25, -0.2) is 4.39 Å². The number of amides is 1. The number of hydrogen-bond donors (Lipinski definition) is 2. The largest absolute Gasteiger partial charge is 0.396 e. The molecule has 3 nitrogen and oxygen atoms in total. The van der Waals surface area contributed by atoms with Crippen molar-refractivity contribution in [2.75, 3.05) is 11.1 Å². The quantitative estimate of drug-likeness (QED) is 0.800. The Bertz CT molecular complexity index is 440. The predicted octanol–water partition coefficient (Wildman–Crippen LogP) is 3.71. The van der Waals surface area contributed by atoms with E-state index in [0.717, 1.165) is 25.7 Å². The summed E-state index contributed by atoms with van der Waals surface area (Å²) in [6.45, 7) is 0. The van der Waals surface area contributed by atoms with Crippen LogP contribution in [0, 0.1) is 11.7 Å². The van der Waals surface area contributed by atoms with Gasteiger partial charge in [0.15, 0.2) is 0 Å². The van der Waals surface area contributed by atoms with Crippen LogP contribution < -0.4 is 11.1 Å². The first-order valence-electron chi connectivity index (χ1n) is 7.02. The van der Waals surface area contributed by atoms with Crippen LogP contribution in [-0.2, 0) is 4.79 Å². The van der Waals surface area contributed by atoms with E-state index in [9.17, 15) is 9.18 Å². The van der Waals surface area contributed by atoms with Gasteiger partial charge in [-0.3, -0.25) is 4.79 Å². The lowest BCUT2D eigenvalue weighted by atomic mass is 9.90. The highest BCUT2D eigenvalue weighted by molar-refractivity contribution is 5.92. The number of benzene rings is 1. The molecule has 1 saturated carbocycles. The number of carbonyl (C=O) groups is 1. The Morgan fingerprint density at radius 3 is 2.42 bits per heavy atom. The molecule has 0 atom stereocenters. The number of carbonyl (C=O) groups excluding carboxylic acids is 1. The van der Waals surface area contributed by atoms with Gasteiger partial charge in [0.25, 0.3) is 0 Å². The van der Waals surface area contributed by atoms with Crippen molar-refractivity contribution in [3.05, 3.63) is 24.0 Å². The van der Waals surface area contributed by atoms with E-state index in [4.69, 9.17) is 5.73 Å². The highest BCUT2D eigenvalue weighted by atomic mass is 19.1. The summed E-state index contributed by atoms with van der Waals surface area (Å²) in [7, 11) is 0. The van der Waals surface area contributed by atoms with Gasteiger partial charge >= 0.3 is 0 Å². The molecular weight excluding hydrogens is 243 g/mol. The Hall–Kier alpha value is -1.58. The molecule has 0 unspecified atom stereocenters. The molecule has 0 aliphatic heterocycles. The molecule has 1 fully saturated rings. The van der Waals surface area contributed by atoms with E-state index in [1.807, 2.05) is 0 Å². The smallest absolute Gasteiger partial charge is 0.227 e. The molecule has 0 spiro atoms. The number of nitrogen functional groups attached to an aromatic ring is 1. The summed E-state index contributed by atoms with van der Waals surface area (Å²) < 4.78 is 13.3. The fourth-order valence-corrected chi connectivity index (χ4v) is 2.57. The Labute approximate surface area is 113 Å². The zero-order chi connectivity index (χ0) is 13.7. The van der Waals surface area contributed by atoms with E-state index < -0.39 is 5.82 Å². The average molecular weight is 264 g/mol. The van der Waals surface area contributed by atoms with Crippen LogP contribution in [0.4, 0.5) is 15.8 Å². The molecule has 0 heterocycles. The van der Waals surface area contributed by atoms with Crippen LogP contribution in [0.1, 0.15) is 44.9 Å². The molecule has 104 valence electrons. The lowest BCUT2D eigenvalue weighted by molar-refractivity contribution is -0.120. The van der Waals surface area contributed by atoms with E-state index in [1.54, 1.807) is 6.07 Å². The van der Waals surface area contributed by atoms with Crippen molar-refractivity contribution in [2.45, 2.75) is 44.9 Å². The predicted molar refractivity (Wildman–Crippen MR) is 75.3 cm³/mol. The molecular formula is C15H21FN2O. The molecule has 1 aliphatic rings. The van der Waals surface area contributed by atoms with Gasteiger partial charge in [-0.2, -0.15) is 0 Å². The number of anilines is 2. The fraction of sp³-hybridized carbons (Fsp3) is 0.533. The number of hydrogen-bond acceptors (Lipinski definition) is 2. The number of halogens is 1. The van der Waals surface area contributed by atoms with Crippen LogP contribution in [0.2, 0.25) is 0 Å². The van der Waals surface area contributed by atoms with Gasteiger partial charge in [0.2, 0.25) is 5.91 Å². The van der Waals surface area contributed by atoms with Gasteiger partial charge in [0.05, 0.1) is 5.69 Å². The zero-order valence-electron chi connectivity index (χ0n) is 11.1. The molecule has 4 heteroatoms. The summed E-state index contributed by atoms with van der Waals surface area (Å²) in [6, 6.07) is 4.39. The Kier molecular flexibility index (Phi) is 4.77.